The molecule has 1 aliphatic rings. The third-order valence-corrected chi connectivity index (χ3v) is 3.43. The lowest BCUT2D eigenvalue weighted by Gasteiger charge is -2.37. The summed E-state index contributed by atoms with van der Waals surface area (Å²) in [5.74, 6) is -1.01. The predicted octanol–water partition coefficient (Wildman–Crippen LogP) is 1.96. The van der Waals surface area contributed by atoms with Crippen LogP contribution in [0.25, 0.3) is 0 Å². The van der Waals surface area contributed by atoms with Gasteiger partial charge in [0.15, 0.2) is 0 Å². The normalized spacial score (nSPS) is 17.8. The molecular weight excluding hydrogens is 244 g/mol. The Morgan fingerprint density at radius 2 is 2.11 bits per heavy atom. The first-order valence-corrected chi connectivity index (χ1v) is 6.34. The molecule has 0 fully saturated rings. The Labute approximate surface area is 112 Å². The fraction of sp³-hybridized carbons (Fsp3) is 0.429. The van der Waals surface area contributed by atoms with E-state index in [-0.39, 0.29) is 18.6 Å². The van der Waals surface area contributed by atoms with Crippen LogP contribution in [-0.4, -0.2) is 41.6 Å². The molecular formula is C14H18N2O3. The number of rotatable bonds is 2. The molecule has 5 nitrogen and oxygen atoms in total. The number of urea groups is 1. The lowest BCUT2D eigenvalue weighted by molar-refractivity contribution is -0.137. The Balaban J connectivity index is 2.28. The van der Waals surface area contributed by atoms with Crippen LogP contribution < -0.4 is 4.90 Å². The van der Waals surface area contributed by atoms with Crippen LogP contribution >= 0.6 is 0 Å². The van der Waals surface area contributed by atoms with Gasteiger partial charge in [0.05, 0.1) is 0 Å². The maximum Gasteiger partial charge on any atom is 0.325 e. The summed E-state index contributed by atoms with van der Waals surface area (Å²) >= 11 is 0. The second-order valence-corrected chi connectivity index (χ2v) is 4.92. The molecule has 19 heavy (non-hydrogen) atoms. The molecule has 2 rings (SSSR count). The molecule has 0 aromatic heterocycles. The Morgan fingerprint density at radius 3 is 2.79 bits per heavy atom. The Hall–Kier alpha value is -2.04. The summed E-state index contributed by atoms with van der Waals surface area (Å²) in [5.41, 5.74) is 2.03. The zero-order chi connectivity index (χ0) is 14.0. The number of aliphatic carboxylic acids is 1. The van der Waals surface area contributed by atoms with Crippen molar-refractivity contribution in [3.63, 3.8) is 0 Å². The van der Waals surface area contributed by atoms with Crippen molar-refractivity contribution in [1.82, 2.24) is 4.90 Å². The largest absolute Gasteiger partial charge is 0.480 e. The summed E-state index contributed by atoms with van der Waals surface area (Å²) < 4.78 is 0. The van der Waals surface area contributed by atoms with Gasteiger partial charge in [-0.25, -0.2) is 4.79 Å². The molecule has 0 bridgehead atoms. The number of carbonyl (C=O) groups excluding carboxylic acids is 1. The van der Waals surface area contributed by atoms with E-state index in [1.165, 1.54) is 11.9 Å². The van der Waals surface area contributed by atoms with Gasteiger partial charge in [0, 0.05) is 18.8 Å². The summed E-state index contributed by atoms with van der Waals surface area (Å²) in [6.45, 7) is 1.70. The molecule has 1 N–H and O–H groups in total. The number of amides is 2. The van der Waals surface area contributed by atoms with E-state index in [1.807, 2.05) is 31.2 Å². The summed E-state index contributed by atoms with van der Waals surface area (Å²) in [4.78, 5) is 26.0. The first-order valence-electron chi connectivity index (χ1n) is 6.34. The minimum atomic E-state index is -1.01. The number of para-hydroxylation sites is 1. The van der Waals surface area contributed by atoms with Crippen molar-refractivity contribution in [2.45, 2.75) is 25.8 Å². The van der Waals surface area contributed by atoms with Gasteiger partial charge in [-0.3, -0.25) is 9.69 Å². The molecule has 0 spiro atoms. The molecule has 1 atom stereocenters. The zero-order valence-corrected chi connectivity index (χ0v) is 11.2. The first-order chi connectivity index (χ1) is 9.00. The highest BCUT2D eigenvalue weighted by Crippen LogP contribution is 2.31. The number of anilines is 1. The van der Waals surface area contributed by atoms with E-state index in [0.29, 0.717) is 0 Å². The number of carboxylic acids is 1. The average Bonchev–Trinajstić information content (AvgIpc) is 2.37. The van der Waals surface area contributed by atoms with E-state index in [2.05, 4.69) is 0 Å². The molecule has 2 amide bonds. The fourth-order valence-corrected chi connectivity index (χ4v) is 2.43. The predicted molar refractivity (Wildman–Crippen MR) is 72.4 cm³/mol. The smallest absolute Gasteiger partial charge is 0.325 e. The molecule has 102 valence electrons. The van der Waals surface area contributed by atoms with Crippen molar-refractivity contribution in [3.05, 3.63) is 29.8 Å². The van der Waals surface area contributed by atoms with Gasteiger partial charge in [0.2, 0.25) is 0 Å². The third kappa shape index (κ3) is 2.70. The van der Waals surface area contributed by atoms with Crippen LogP contribution in [0.5, 0.6) is 0 Å². The lowest BCUT2D eigenvalue weighted by atomic mass is 9.97. The van der Waals surface area contributed by atoms with Gasteiger partial charge in [0.25, 0.3) is 0 Å². The number of hydrogen-bond donors (Lipinski definition) is 1. The van der Waals surface area contributed by atoms with Crippen molar-refractivity contribution in [2.75, 3.05) is 18.5 Å². The van der Waals surface area contributed by atoms with E-state index < -0.39 is 5.97 Å². The van der Waals surface area contributed by atoms with Crippen LogP contribution in [0.15, 0.2) is 24.3 Å². The van der Waals surface area contributed by atoms with Crippen LogP contribution in [0.1, 0.15) is 18.9 Å². The Kier molecular flexibility index (Phi) is 3.74. The maximum atomic E-state index is 12.4. The van der Waals surface area contributed by atoms with Crippen LogP contribution in [0.4, 0.5) is 10.5 Å². The average molecular weight is 262 g/mol. The second kappa shape index (κ2) is 5.30. The van der Waals surface area contributed by atoms with Gasteiger partial charge in [0.1, 0.15) is 6.54 Å². The third-order valence-electron chi connectivity index (χ3n) is 3.43. The summed E-state index contributed by atoms with van der Waals surface area (Å²) in [7, 11) is 1.51. The van der Waals surface area contributed by atoms with Crippen LogP contribution in [0, 0.1) is 0 Å². The Bertz CT molecular complexity index is 501. The molecule has 0 saturated carbocycles. The maximum absolute atomic E-state index is 12.4. The van der Waals surface area contributed by atoms with E-state index in [9.17, 15) is 9.59 Å². The lowest BCUT2D eigenvalue weighted by Crippen LogP contribution is -2.49. The number of carbonyl (C=O) groups is 2. The van der Waals surface area contributed by atoms with Gasteiger partial charge in [-0.1, -0.05) is 18.2 Å². The van der Waals surface area contributed by atoms with E-state index in [1.54, 1.807) is 4.90 Å². The van der Waals surface area contributed by atoms with Crippen molar-refractivity contribution >= 4 is 17.7 Å². The molecule has 1 heterocycles. The number of fused-ring (bicyclic) bond motifs is 1. The van der Waals surface area contributed by atoms with Gasteiger partial charge in [-0.2, -0.15) is 0 Å². The van der Waals surface area contributed by atoms with Crippen molar-refractivity contribution in [3.8, 4) is 0 Å². The van der Waals surface area contributed by atoms with E-state index in [0.717, 1.165) is 24.1 Å². The van der Waals surface area contributed by atoms with Crippen molar-refractivity contribution < 1.29 is 14.7 Å². The van der Waals surface area contributed by atoms with Gasteiger partial charge in [-0.05, 0) is 31.4 Å². The van der Waals surface area contributed by atoms with E-state index >= 15 is 0 Å². The molecule has 0 saturated heterocycles. The number of carboxylic acid groups (broad SMARTS) is 1. The topological polar surface area (TPSA) is 60.9 Å². The van der Waals surface area contributed by atoms with Crippen LogP contribution in [0.2, 0.25) is 0 Å². The fourth-order valence-electron chi connectivity index (χ4n) is 2.43. The summed E-state index contributed by atoms with van der Waals surface area (Å²) in [5, 5.41) is 8.78. The van der Waals surface area contributed by atoms with Crippen molar-refractivity contribution in [2.24, 2.45) is 0 Å². The van der Waals surface area contributed by atoms with E-state index in [4.69, 9.17) is 5.11 Å². The van der Waals surface area contributed by atoms with Crippen molar-refractivity contribution in [1.29, 1.82) is 0 Å². The number of hydrogen-bond acceptors (Lipinski definition) is 2. The Morgan fingerprint density at radius 1 is 1.42 bits per heavy atom. The first kappa shape index (κ1) is 13.4. The SMILES string of the molecule is CC1CCc2ccccc2N1C(=O)N(C)CC(=O)O. The number of likely N-dealkylation sites (N-methyl/N-ethyl adjacent to an activating group) is 1. The molecule has 1 aromatic carbocycles. The highest BCUT2D eigenvalue weighted by molar-refractivity contribution is 5.95. The molecule has 5 heteroatoms. The highest BCUT2D eigenvalue weighted by atomic mass is 16.4. The van der Waals surface area contributed by atoms with Gasteiger partial charge < -0.3 is 10.0 Å². The minimum Gasteiger partial charge on any atom is -0.480 e. The number of aryl methyl sites for hydroxylation is 1. The number of nitrogens with zero attached hydrogens (tertiary/aromatic N) is 2. The second-order valence-electron chi connectivity index (χ2n) is 4.92. The van der Waals surface area contributed by atoms with Gasteiger partial charge >= 0.3 is 12.0 Å². The van der Waals surface area contributed by atoms with Crippen LogP contribution in [0.3, 0.4) is 0 Å². The molecule has 1 aliphatic heterocycles. The van der Waals surface area contributed by atoms with Gasteiger partial charge in [-0.15, -0.1) is 0 Å². The molecule has 1 aromatic rings. The number of benzene rings is 1. The zero-order valence-electron chi connectivity index (χ0n) is 11.2. The van der Waals surface area contributed by atoms with Crippen LogP contribution in [-0.2, 0) is 11.2 Å². The molecule has 1 unspecified atom stereocenters. The molecule has 0 aliphatic carbocycles. The standard InChI is InChI=1S/C14H18N2O3/c1-10-7-8-11-5-3-4-6-12(11)16(10)14(19)15(2)9-13(17)18/h3-6,10H,7-9H2,1-2H3,(H,17,18). The summed E-state index contributed by atoms with van der Waals surface area (Å²) in [6.07, 6.45) is 1.84. The quantitative estimate of drug-likeness (QED) is 0.886. The monoisotopic (exact) mass is 262 g/mol. The summed E-state index contributed by atoms with van der Waals surface area (Å²) in [6, 6.07) is 7.60. The minimum absolute atomic E-state index is 0.0821. The molecule has 0 radical (unpaired) electrons. The highest BCUT2D eigenvalue weighted by Gasteiger charge is 2.30.